The lowest BCUT2D eigenvalue weighted by atomic mass is 10.2. The van der Waals surface area contributed by atoms with Crippen molar-refractivity contribution in [2.75, 3.05) is 31.1 Å². The van der Waals surface area contributed by atoms with Gasteiger partial charge in [0.2, 0.25) is 0 Å². The minimum absolute atomic E-state index is 0.0590. The molecule has 1 N–H and O–H groups in total. The summed E-state index contributed by atoms with van der Waals surface area (Å²) in [5.41, 5.74) is -0.217. The SMILES string of the molecule is O=C1NC(N2CCN(c3ccc(F)c(Cl)c3)CC2)N=CN1Cn1ccc(C(F)(F)F)n1. The van der Waals surface area contributed by atoms with Crippen LogP contribution in [-0.2, 0) is 12.8 Å². The third-order valence-electron chi connectivity index (χ3n) is 5.02. The first-order valence-electron chi connectivity index (χ1n) is 9.36. The van der Waals surface area contributed by atoms with Crippen LogP contribution in [0.5, 0.6) is 0 Å². The third kappa shape index (κ3) is 4.74. The Morgan fingerprint density at radius 1 is 1.16 bits per heavy atom. The molecule has 0 bridgehead atoms. The molecule has 1 aromatic heterocycles. The molecule has 1 unspecified atom stereocenters. The lowest BCUT2D eigenvalue weighted by Gasteiger charge is -2.40. The monoisotopic (exact) mass is 459 g/mol. The van der Waals surface area contributed by atoms with E-state index in [2.05, 4.69) is 20.3 Å². The summed E-state index contributed by atoms with van der Waals surface area (Å²) < 4.78 is 52.4. The van der Waals surface area contributed by atoms with Crippen molar-refractivity contribution >= 4 is 29.7 Å². The lowest BCUT2D eigenvalue weighted by Crippen LogP contribution is -2.59. The number of nitrogens with one attached hydrogen (secondary N) is 1. The normalized spacial score (nSPS) is 20.3. The van der Waals surface area contributed by atoms with Gasteiger partial charge < -0.3 is 10.2 Å². The average molecular weight is 460 g/mol. The number of aliphatic imine (C=N–C) groups is 1. The van der Waals surface area contributed by atoms with Crippen LogP contribution in [0.2, 0.25) is 5.02 Å². The summed E-state index contributed by atoms with van der Waals surface area (Å²) in [5.74, 6) is -0.474. The molecule has 2 aliphatic heterocycles. The minimum Gasteiger partial charge on any atom is -0.369 e. The molecule has 4 rings (SSSR count). The Kier molecular flexibility index (Phi) is 5.75. The van der Waals surface area contributed by atoms with E-state index in [4.69, 9.17) is 11.6 Å². The van der Waals surface area contributed by atoms with Gasteiger partial charge >= 0.3 is 12.2 Å². The number of nitrogens with zero attached hydrogens (tertiary/aromatic N) is 6. The van der Waals surface area contributed by atoms with Crippen LogP contribution >= 0.6 is 11.6 Å². The summed E-state index contributed by atoms with van der Waals surface area (Å²) in [7, 11) is 0. The highest BCUT2D eigenvalue weighted by molar-refractivity contribution is 6.31. The second-order valence-corrected chi connectivity index (χ2v) is 7.47. The van der Waals surface area contributed by atoms with Gasteiger partial charge in [0.15, 0.2) is 12.0 Å². The Labute approximate surface area is 179 Å². The van der Waals surface area contributed by atoms with Crippen LogP contribution in [0.25, 0.3) is 0 Å². The number of aromatic nitrogens is 2. The Bertz CT molecular complexity index is 988. The second kappa shape index (κ2) is 8.35. The molecule has 0 radical (unpaired) electrons. The van der Waals surface area contributed by atoms with Crippen molar-refractivity contribution in [3.8, 4) is 0 Å². The molecule has 2 amide bonds. The van der Waals surface area contributed by atoms with E-state index >= 15 is 0 Å². The highest BCUT2D eigenvalue weighted by atomic mass is 35.5. The van der Waals surface area contributed by atoms with Crippen LogP contribution in [0.3, 0.4) is 0 Å². The fourth-order valence-corrected chi connectivity index (χ4v) is 3.54. The molecule has 1 saturated heterocycles. The topological polar surface area (TPSA) is 69.0 Å². The van der Waals surface area contributed by atoms with Gasteiger partial charge in [-0.05, 0) is 24.3 Å². The van der Waals surface area contributed by atoms with Crippen LogP contribution < -0.4 is 10.2 Å². The number of hydrogen-bond donors (Lipinski definition) is 1. The second-order valence-electron chi connectivity index (χ2n) is 7.06. The lowest BCUT2D eigenvalue weighted by molar-refractivity contribution is -0.141. The number of amides is 2. The van der Waals surface area contributed by atoms with Gasteiger partial charge in [0.1, 0.15) is 12.5 Å². The van der Waals surface area contributed by atoms with E-state index in [1.54, 1.807) is 12.1 Å². The number of halogens is 5. The van der Waals surface area contributed by atoms with E-state index < -0.39 is 30.0 Å². The van der Waals surface area contributed by atoms with Crippen molar-refractivity contribution in [1.29, 1.82) is 0 Å². The first-order chi connectivity index (χ1) is 14.7. The van der Waals surface area contributed by atoms with Gasteiger partial charge in [-0.25, -0.2) is 14.2 Å². The molecule has 0 aliphatic carbocycles. The zero-order valence-electron chi connectivity index (χ0n) is 16.1. The van der Waals surface area contributed by atoms with Crippen LogP contribution in [0.1, 0.15) is 5.69 Å². The third-order valence-corrected chi connectivity index (χ3v) is 5.31. The van der Waals surface area contributed by atoms with Crippen LogP contribution in [0.15, 0.2) is 35.5 Å². The number of benzene rings is 1. The number of carbonyl (C=O) groups is 1. The van der Waals surface area contributed by atoms with Gasteiger partial charge in [0.25, 0.3) is 0 Å². The van der Waals surface area contributed by atoms with Crippen molar-refractivity contribution in [3.05, 3.63) is 47.0 Å². The maximum atomic E-state index is 13.4. The smallest absolute Gasteiger partial charge is 0.369 e. The average Bonchev–Trinajstić information content (AvgIpc) is 3.21. The number of rotatable bonds is 4. The van der Waals surface area contributed by atoms with Gasteiger partial charge in [-0.3, -0.25) is 14.5 Å². The Morgan fingerprint density at radius 3 is 2.52 bits per heavy atom. The van der Waals surface area contributed by atoms with Crippen molar-refractivity contribution in [1.82, 2.24) is 24.9 Å². The number of urea groups is 1. The molecule has 2 aliphatic rings. The molecule has 0 spiro atoms. The number of carbonyl (C=O) groups excluding carboxylic acids is 1. The molecular formula is C18H18ClF4N7O. The molecule has 166 valence electrons. The summed E-state index contributed by atoms with van der Waals surface area (Å²) in [4.78, 5) is 21.8. The van der Waals surface area contributed by atoms with Gasteiger partial charge in [-0.2, -0.15) is 18.3 Å². The van der Waals surface area contributed by atoms with Gasteiger partial charge in [0.05, 0.1) is 11.4 Å². The maximum Gasteiger partial charge on any atom is 0.435 e. The molecule has 2 aromatic rings. The molecule has 31 heavy (non-hydrogen) atoms. The van der Waals surface area contributed by atoms with E-state index in [1.165, 1.54) is 12.4 Å². The zero-order chi connectivity index (χ0) is 22.2. The van der Waals surface area contributed by atoms with Gasteiger partial charge in [0, 0.05) is 38.1 Å². The first kappa shape index (κ1) is 21.4. The van der Waals surface area contributed by atoms with E-state index in [1.807, 2.05) is 4.90 Å². The Morgan fingerprint density at radius 2 is 1.90 bits per heavy atom. The molecular weight excluding hydrogens is 442 g/mol. The number of hydrogen-bond acceptors (Lipinski definition) is 5. The molecule has 1 fully saturated rings. The minimum atomic E-state index is -4.55. The first-order valence-corrected chi connectivity index (χ1v) is 9.73. The molecule has 8 nitrogen and oxygen atoms in total. The van der Waals surface area contributed by atoms with Crippen molar-refractivity contribution in [3.63, 3.8) is 0 Å². The standard InChI is InChI=1S/C18H18ClF4N7O/c19-13-9-12(1-2-14(13)20)27-5-7-28(8-6-27)16-24-10-29(17(31)25-16)11-30-4-3-15(26-30)18(21,22)23/h1-4,9-10,16H,5-8,11H2,(H,25,31). The Balaban J connectivity index is 1.33. The maximum absolute atomic E-state index is 13.4. The molecule has 1 atom stereocenters. The summed E-state index contributed by atoms with van der Waals surface area (Å²) in [6.07, 6.45) is -2.68. The zero-order valence-corrected chi connectivity index (χ0v) is 16.8. The largest absolute Gasteiger partial charge is 0.435 e. The number of alkyl halides is 3. The fourth-order valence-electron chi connectivity index (χ4n) is 3.37. The Hall–Kier alpha value is -2.86. The van der Waals surface area contributed by atoms with E-state index in [0.717, 1.165) is 27.5 Å². The quantitative estimate of drug-likeness (QED) is 0.714. The summed E-state index contributed by atoms with van der Waals surface area (Å²) in [6.45, 7) is 2.23. The van der Waals surface area contributed by atoms with E-state index in [0.29, 0.717) is 26.2 Å². The number of piperazine rings is 1. The molecule has 0 saturated carbocycles. The van der Waals surface area contributed by atoms with Gasteiger partial charge in [-0.15, -0.1) is 0 Å². The summed E-state index contributed by atoms with van der Waals surface area (Å²) >= 11 is 5.85. The van der Waals surface area contributed by atoms with Crippen LogP contribution in [-0.4, -0.2) is 64.4 Å². The molecule has 13 heteroatoms. The van der Waals surface area contributed by atoms with Crippen LogP contribution in [0, 0.1) is 5.82 Å². The van der Waals surface area contributed by atoms with Crippen molar-refractivity contribution < 1.29 is 22.4 Å². The van der Waals surface area contributed by atoms with E-state index in [9.17, 15) is 22.4 Å². The van der Waals surface area contributed by atoms with E-state index in [-0.39, 0.29) is 11.7 Å². The highest BCUT2D eigenvalue weighted by Crippen LogP contribution is 2.27. The van der Waals surface area contributed by atoms with Crippen molar-refractivity contribution in [2.24, 2.45) is 4.99 Å². The van der Waals surface area contributed by atoms with Gasteiger partial charge in [-0.1, -0.05) is 11.6 Å². The molecule has 1 aromatic carbocycles. The fraction of sp³-hybridized carbons (Fsp3) is 0.389. The number of anilines is 1. The van der Waals surface area contributed by atoms with Crippen LogP contribution in [0.4, 0.5) is 28.0 Å². The summed E-state index contributed by atoms with van der Waals surface area (Å²) in [5, 5.41) is 6.21. The molecule has 3 heterocycles. The highest BCUT2D eigenvalue weighted by Gasteiger charge is 2.34. The van der Waals surface area contributed by atoms with Crippen molar-refractivity contribution in [2.45, 2.75) is 19.1 Å². The predicted molar refractivity (Wildman–Crippen MR) is 105 cm³/mol. The predicted octanol–water partition coefficient (Wildman–Crippen LogP) is 2.81. The summed E-state index contributed by atoms with van der Waals surface area (Å²) in [6, 6.07) is 4.91.